The van der Waals surface area contributed by atoms with Crippen LogP contribution in [0.5, 0.6) is 0 Å². The van der Waals surface area contributed by atoms with Crippen LogP contribution < -0.4 is 4.31 Å². The molecule has 0 spiro atoms. The summed E-state index contributed by atoms with van der Waals surface area (Å²) in [7, 11) is -3.26. The molecule has 0 saturated heterocycles. The predicted octanol–water partition coefficient (Wildman–Crippen LogP) is 3.47. The molecule has 0 N–H and O–H groups in total. The van der Waals surface area contributed by atoms with Crippen molar-refractivity contribution in [3.8, 4) is 11.3 Å². The summed E-state index contributed by atoms with van der Waals surface area (Å²) in [5.41, 5.74) is 4.57. The third kappa shape index (κ3) is 2.52. The first-order valence-corrected chi connectivity index (χ1v) is 10.2. The van der Waals surface area contributed by atoms with E-state index in [1.807, 2.05) is 54.0 Å². The summed E-state index contributed by atoms with van der Waals surface area (Å²) in [6.07, 6.45) is 5.92. The van der Waals surface area contributed by atoms with Crippen molar-refractivity contribution >= 4 is 37.3 Å². The second kappa shape index (κ2) is 5.32. The van der Waals surface area contributed by atoms with Gasteiger partial charge in [0.25, 0.3) is 0 Å². The SMILES string of the molecule is CC1Cc2cc(-c3cn4cc(Br)ccc4n3)ccc2N1S(C)(=O)=O. The van der Waals surface area contributed by atoms with Gasteiger partial charge in [-0.05, 0) is 59.1 Å². The number of pyridine rings is 1. The first-order chi connectivity index (χ1) is 11.3. The van der Waals surface area contributed by atoms with Gasteiger partial charge in [-0.1, -0.05) is 6.07 Å². The van der Waals surface area contributed by atoms with Crippen LogP contribution in [-0.4, -0.2) is 30.1 Å². The van der Waals surface area contributed by atoms with Gasteiger partial charge >= 0.3 is 0 Å². The molecule has 1 aliphatic rings. The van der Waals surface area contributed by atoms with Crippen LogP contribution in [0.15, 0.2) is 47.2 Å². The van der Waals surface area contributed by atoms with Gasteiger partial charge in [-0.2, -0.15) is 0 Å². The summed E-state index contributed by atoms with van der Waals surface area (Å²) in [6, 6.07) is 9.73. The molecule has 7 heteroatoms. The van der Waals surface area contributed by atoms with E-state index in [4.69, 9.17) is 0 Å². The van der Waals surface area contributed by atoms with E-state index in [0.717, 1.165) is 39.0 Å². The van der Waals surface area contributed by atoms with Crippen molar-refractivity contribution in [3.63, 3.8) is 0 Å². The lowest BCUT2D eigenvalue weighted by atomic mass is 10.1. The Morgan fingerprint density at radius 1 is 1.21 bits per heavy atom. The third-order valence-electron chi connectivity index (χ3n) is 4.30. The number of halogens is 1. The van der Waals surface area contributed by atoms with Crippen molar-refractivity contribution in [2.45, 2.75) is 19.4 Å². The zero-order chi connectivity index (χ0) is 17.1. The van der Waals surface area contributed by atoms with Crippen LogP contribution in [0.3, 0.4) is 0 Å². The van der Waals surface area contributed by atoms with Crippen molar-refractivity contribution in [1.29, 1.82) is 0 Å². The Morgan fingerprint density at radius 2 is 2.00 bits per heavy atom. The average molecular weight is 406 g/mol. The molecule has 24 heavy (non-hydrogen) atoms. The molecule has 5 nitrogen and oxygen atoms in total. The van der Waals surface area contributed by atoms with Gasteiger partial charge in [0.15, 0.2) is 0 Å². The number of rotatable bonds is 2. The fourth-order valence-corrected chi connectivity index (χ4v) is 4.99. The topological polar surface area (TPSA) is 54.7 Å². The standard InChI is InChI=1S/C17H16BrN3O2S/c1-11-7-13-8-12(3-5-16(13)21(11)24(2,22)23)15-10-20-9-14(18)4-6-17(20)19-15/h3-6,8-11H,7H2,1-2H3. The molecule has 0 aliphatic carbocycles. The predicted molar refractivity (Wildman–Crippen MR) is 98.8 cm³/mol. The lowest BCUT2D eigenvalue weighted by molar-refractivity contribution is 0.590. The zero-order valence-electron chi connectivity index (χ0n) is 13.3. The highest BCUT2D eigenvalue weighted by Crippen LogP contribution is 2.36. The molecule has 0 radical (unpaired) electrons. The number of sulfonamides is 1. The van der Waals surface area contributed by atoms with Crippen LogP contribution >= 0.6 is 15.9 Å². The number of nitrogens with zero attached hydrogens (tertiary/aromatic N) is 3. The van der Waals surface area contributed by atoms with E-state index < -0.39 is 10.0 Å². The highest BCUT2D eigenvalue weighted by atomic mass is 79.9. The first-order valence-electron chi connectivity index (χ1n) is 7.60. The minimum absolute atomic E-state index is 0.0534. The first kappa shape index (κ1) is 15.7. The second-order valence-corrected chi connectivity index (χ2v) is 8.97. The fourth-order valence-electron chi connectivity index (χ4n) is 3.37. The van der Waals surface area contributed by atoms with Crippen LogP contribution in [0.4, 0.5) is 5.69 Å². The van der Waals surface area contributed by atoms with E-state index in [9.17, 15) is 8.42 Å². The van der Waals surface area contributed by atoms with Crippen LogP contribution in [-0.2, 0) is 16.4 Å². The Bertz CT molecular complexity index is 1060. The van der Waals surface area contributed by atoms with Gasteiger partial charge in [0.1, 0.15) is 5.65 Å². The molecule has 1 atom stereocenters. The smallest absolute Gasteiger partial charge is 0.232 e. The van der Waals surface area contributed by atoms with E-state index in [1.54, 1.807) is 0 Å². The molecule has 1 aromatic carbocycles. The van der Waals surface area contributed by atoms with E-state index >= 15 is 0 Å². The van der Waals surface area contributed by atoms with Gasteiger partial charge in [-0.25, -0.2) is 13.4 Å². The molecule has 0 saturated carbocycles. The summed E-state index contributed by atoms with van der Waals surface area (Å²) in [6.45, 7) is 1.93. The molecule has 1 unspecified atom stereocenters. The fraction of sp³-hybridized carbons (Fsp3) is 0.235. The quantitative estimate of drug-likeness (QED) is 0.655. The normalized spacial score (nSPS) is 17.5. The Kier molecular flexibility index (Phi) is 3.47. The summed E-state index contributed by atoms with van der Waals surface area (Å²) >= 11 is 3.46. The van der Waals surface area contributed by atoms with Gasteiger partial charge in [-0.15, -0.1) is 0 Å². The Morgan fingerprint density at radius 3 is 2.75 bits per heavy atom. The van der Waals surface area contributed by atoms with Gasteiger partial charge in [-0.3, -0.25) is 4.31 Å². The minimum Gasteiger partial charge on any atom is -0.305 e. The maximum atomic E-state index is 12.0. The lowest BCUT2D eigenvalue weighted by Crippen LogP contribution is -2.34. The van der Waals surface area contributed by atoms with Crippen molar-refractivity contribution in [1.82, 2.24) is 9.38 Å². The average Bonchev–Trinajstić information content (AvgIpc) is 3.04. The second-order valence-electron chi connectivity index (χ2n) is 6.19. The molecule has 124 valence electrons. The molecule has 3 heterocycles. The molecule has 3 aromatic rings. The number of hydrogen-bond donors (Lipinski definition) is 0. The summed E-state index contributed by atoms with van der Waals surface area (Å²) in [5.74, 6) is 0. The summed E-state index contributed by atoms with van der Waals surface area (Å²) in [4.78, 5) is 4.65. The number of imidazole rings is 1. The number of anilines is 1. The van der Waals surface area contributed by atoms with Crippen LogP contribution in [0.25, 0.3) is 16.9 Å². The monoisotopic (exact) mass is 405 g/mol. The number of hydrogen-bond acceptors (Lipinski definition) is 3. The van der Waals surface area contributed by atoms with Crippen LogP contribution in [0.1, 0.15) is 12.5 Å². The number of benzene rings is 1. The van der Waals surface area contributed by atoms with Crippen molar-refractivity contribution < 1.29 is 8.42 Å². The molecular weight excluding hydrogens is 390 g/mol. The molecule has 0 fully saturated rings. The highest BCUT2D eigenvalue weighted by molar-refractivity contribution is 9.10. The maximum absolute atomic E-state index is 12.0. The van der Waals surface area contributed by atoms with E-state index in [0.29, 0.717) is 0 Å². The number of aromatic nitrogens is 2. The van der Waals surface area contributed by atoms with E-state index in [-0.39, 0.29) is 6.04 Å². The van der Waals surface area contributed by atoms with Crippen molar-refractivity contribution in [2.24, 2.45) is 0 Å². The molecule has 0 amide bonds. The van der Waals surface area contributed by atoms with Gasteiger partial charge < -0.3 is 4.40 Å². The van der Waals surface area contributed by atoms with Crippen LogP contribution in [0, 0.1) is 0 Å². The molecular formula is C17H16BrN3O2S. The maximum Gasteiger partial charge on any atom is 0.232 e. The van der Waals surface area contributed by atoms with Gasteiger partial charge in [0.05, 0.1) is 17.6 Å². The zero-order valence-corrected chi connectivity index (χ0v) is 15.7. The van der Waals surface area contributed by atoms with Gasteiger partial charge in [0.2, 0.25) is 10.0 Å². The van der Waals surface area contributed by atoms with E-state index in [2.05, 4.69) is 20.9 Å². The van der Waals surface area contributed by atoms with Gasteiger partial charge in [0, 0.05) is 28.5 Å². The molecule has 2 aromatic heterocycles. The Hall–Kier alpha value is -1.86. The van der Waals surface area contributed by atoms with E-state index in [1.165, 1.54) is 10.6 Å². The molecule has 1 aliphatic heterocycles. The molecule has 0 bridgehead atoms. The largest absolute Gasteiger partial charge is 0.305 e. The highest BCUT2D eigenvalue weighted by Gasteiger charge is 2.32. The third-order valence-corrected chi connectivity index (χ3v) is 6.04. The molecule has 4 rings (SSSR count). The Labute approximate surface area is 149 Å². The summed E-state index contributed by atoms with van der Waals surface area (Å²) in [5, 5.41) is 0. The Balaban J connectivity index is 1.80. The van der Waals surface area contributed by atoms with Crippen molar-refractivity contribution in [2.75, 3.05) is 10.6 Å². The number of fused-ring (bicyclic) bond motifs is 2. The lowest BCUT2D eigenvalue weighted by Gasteiger charge is -2.21. The minimum atomic E-state index is -3.26. The van der Waals surface area contributed by atoms with Crippen LogP contribution in [0.2, 0.25) is 0 Å². The van der Waals surface area contributed by atoms with Crippen molar-refractivity contribution in [3.05, 3.63) is 52.8 Å². The summed E-state index contributed by atoms with van der Waals surface area (Å²) < 4.78 is 28.5.